The molecule has 0 spiro atoms. The van der Waals surface area contributed by atoms with Gasteiger partial charge in [0.05, 0.1) is 18.3 Å². The standard InChI is InChI=1S/C32H58O5Si/c33-31-22-21-26(25-32(31)34-27-13-5-1-6-14-27)23-24-38(35-28-15-7-2-8-16-28,36-29-17-9-3-10-18-29)37-30-19-11-4-12-20-30/h26-33H,1-25H2. The summed E-state index contributed by atoms with van der Waals surface area (Å²) in [5.74, 6) is 0.568. The molecule has 0 radical (unpaired) electrons. The van der Waals surface area contributed by atoms with Gasteiger partial charge in [-0.2, -0.15) is 0 Å². The van der Waals surface area contributed by atoms with Crippen LogP contribution in [0.2, 0.25) is 6.04 Å². The molecule has 0 aliphatic heterocycles. The fourth-order valence-corrected chi connectivity index (χ4v) is 11.5. The first-order valence-corrected chi connectivity index (χ1v) is 19.0. The van der Waals surface area contributed by atoms with E-state index in [1.54, 1.807) is 0 Å². The molecule has 5 fully saturated rings. The highest BCUT2D eigenvalue weighted by Gasteiger charge is 2.48. The second-order valence-corrected chi connectivity index (χ2v) is 16.1. The zero-order chi connectivity index (χ0) is 26.0. The molecule has 220 valence electrons. The van der Waals surface area contributed by atoms with Crippen molar-refractivity contribution >= 4 is 8.80 Å². The lowest BCUT2D eigenvalue weighted by Gasteiger charge is -2.42. The SMILES string of the molecule is OC1CCC(CC[Si](OC2CCCCC2)(OC2CCCCC2)OC2CCCCC2)CC1OC1CCCCC1. The quantitative estimate of drug-likeness (QED) is 0.263. The Morgan fingerprint density at radius 2 is 0.921 bits per heavy atom. The van der Waals surface area contributed by atoms with Gasteiger partial charge in [0.2, 0.25) is 0 Å². The van der Waals surface area contributed by atoms with E-state index in [4.69, 9.17) is 18.0 Å². The third-order valence-electron chi connectivity index (χ3n) is 10.3. The summed E-state index contributed by atoms with van der Waals surface area (Å²) in [5.41, 5.74) is 0. The maximum atomic E-state index is 10.8. The summed E-state index contributed by atoms with van der Waals surface area (Å²) in [4.78, 5) is 0. The van der Waals surface area contributed by atoms with E-state index in [1.165, 1.54) is 128 Å². The second-order valence-electron chi connectivity index (χ2n) is 13.5. The topological polar surface area (TPSA) is 57.2 Å². The van der Waals surface area contributed by atoms with Crippen molar-refractivity contribution < 1.29 is 23.1 Å². The van der Waals surface area contributed by atoms with E-state index in [0.29, 0.717) is 30.3 Å². The van der Waals surface area contributed by atoms with Crippen LogP contribution >= 0.6 is 0 Å². The monoisotopic (exact) mass is 550 g/mol. The number of rotatable bonds is 11. The predicted octanol–water partition coefficient (Wildman–Crippen LogP) is 8.24. The molecule has 5 aliphatic carbocycles. The van der Waals surface area contributed by atoms with E-state index < -0.39 is 8.80 Å². The summed E-state index contributed by atoms with van der Waals surface area (Å²) < 4.78 is 28.0. The largest absolute Gasteiger partial charge is 0.501 e. The van der Waals surface area contributed by atoms with Gasteiger partial charge in [0, 0.05) is 24.4 Å². The summed E-state index contributed by atoms with van der Waals surface area (Å²) in [6.07, 6.45) is 30.0. The van der Waals surface area contributed by atoms with Crippen molar-refractivity contribution in [3.05, 3.63) is 0 Å². The fraction of sp³-hybridized carbons (Fsp3) is 1.00. The molecule has 38 heavy (non-hydrogen) atoms. The Balaban J connectivity index is 1.26. The molecular formula is C32H58O5Si. The lowest BCUT2D eigenvalue weighted by molar-refractivity contribution is -0.113. The molecule has 0 amide bonds. The number of ether oxygens (including phenoxy) is 1. The molecule has 5 aliphatic rings. The lowest BCUT2D eigenvalue weighted by Crippen LogP contribution is -2.53. The summed E-state index contributed by atoms with van der Waals surface area (Å²) in [7, 11) is -2.83. The first-order chi connectivity index (χ1) is 18.7. The molecule has 1 N–H and O–H groups in total. The van der Waals surface area contributed by atoms with Crippen LogP contribution in [0, 0.1) is 5.92 Å². The van der Waals surface area contributed by atoms with Gasteiger partial charge in [-0.15, -0.1) is 0 Å². The maximum Gasteiger partial charge on any atom is 0.501 e. The zero-order valence-corrected chi connectivity index (χ0v) is 25.3. The Bertz CT molecular complexity index is 602. The van der Waals surface area contributed by atoms with Gasteiger partial charge in [0.1, 0.15) is 0 Å². The third-order valence-corrected chi connectivity index (χ3v) is 13.3. The van der Waals surface area contributed by atoms with Crippen LogP contribution in [0.15, 0.2) is 0 Å². The van der Waals surface area contributed by atoms with Crippen molar-refractivity contribution in [2.24, 2.45) is 5.92 Å². The summed E-state index contributed by atoms with van der Waals surface area (Å²) >= 11 is 0. The summed E-state index contributed by atoms with van der Waals surface area (Å²) in [5, 5.41) is 10.8. The highest BCUT2D eigenvalue weighted by atomic mass is 28.4. The lowest BCUT2D eigenvalue weighted by atomic mass is 9.83. The highest BCUT2D eigenvalue weighted by Crippen LogP contribution is 2.39. The molecule has 0 aromatic rings. The highest BCUT2D eigenvalue weighted by molar-refractivity contribution is 6.60. The number of hydrogen-bond acceptors (Lipinski definition) is 5. The van der Waals surface area contributed by atoms with E-state index in [-0.39, 0.29) is 12.2 Å². The Kier molecular flexibility index (Phi) is 11.9. The Labute approximate surface area is 234 Å². The smallest absolute Gasteiger partial charge is 0.390 e. The molecule has 0 aromatic heterocycles. The molecule has 5 rings (SSSR count). The summed E-state index contributed by atoms with van der Waals surface area (Å²) in [6, 6.07) is 0.952. The van der Waals surface area contributed by atoms with E-state index >= 15 is 0 Å². The van der Waals surface area contributed by atoms with Crippen LogP contribution in [0.5, 0.6) is 0 Å². The molecule has 0 aromatic carbocycles. The Hall–Kier alpha value is 0.0169. The average Bonchev–Trinajstić information content (AvgIpc) is 2.96. The van der Waals surface area contributed by atoms with Gasteiger partial charge in [0.15, 0.2) is 0 Å². The summed E-state index contributed by atoms with van der Waals surface area (Å²) in [6.45, 7) is 0. The molecule has 3 unspecified atom stereocenters. The van der Waals surface area contributed by atoms with Crippen LogP contribution in [-0.4, -0.2) is 50.5 Å². The molecule has 6 heteroatoms. The fourth-order valence-electron chi connectivity index (χ4n) is 8.00. The van der Waals surface area contributed by atoms with Crippen molar-refractivity contribution in [2.45, 2.75) is 197 Å². The molecule has 0 saturated heterocycles. The minimum absolute atomic E-state index is 0.00528. The van der Waals surface area contributed by atoms with Crippen LogP contribution in [0.4, 0.5) is 0 Å². The van der Waals surface area contributed by atoms with Gasteiger partial charge in [-0.3, -0.25) is 0 Å². The third kappa shape index (κ3) is 9.01. The van der Waals surface area contributed by atoms with Gasteiger partial charge in [-0.1, -0.05) is 77.0 Å². The van der Waals surface area contributed by atoms with Gasteiger partial charge in [0.25, 0.3) is 0 Å². The van der Waals surface area contributed by atoms with Crippen LogP contribution < -0.4 is 0 Å². The van der Waals surface area contributed by atoms with Gasteiger partial charge in [-0.05, 0) is 83.0 Å². The van der Waals surface area contributed by atoms with Gasteiger partial charge in [-0.25, -0.2) is 0 Å². The van der Waals surface area contributed by atoms with Crippen molar-refractivity contribution in [1.29, 1.82) is 0 Å². The first kappa shape index (κ1) is 29.5. The molecule has 0 bridgehead atoms. The molecule has 5 nitrogen and oxygen atoms in total. The molecule has 3 atom stereocenters. The number of aliphatic hydroxyl groups excluding tert-OH is 1. The molecule has 0 heterocycles. The van der Waals surface area contributed by atoms with E-state index in [1.807, 2.05) is 0 Å². The van der Waals surface area contributed by atoms with E-state index in [0.717, 1.165) is 31.7 Å². The van der Waals surface area contributed by atoms with Gasteiger partial charge < -0.3 is 23.1 Å². The Morgan fingerprint density at radius 3 is 1.37 bits per heavy atom. The van der Waals surface area contributed by atoms with Crippen LogP contribution in [0.1, 0.15) is 154 Å². The molecular weight excluding hydrogens is 492 g/mol. The maximum absolute atomic E-state index is 10.8. The van der Waals surface area contributed by atoms with Crippen molar-refractivity contribution in [3.63, 3.8) is 0 Å². The first-order valence-electron chi connectivity index (χ1n) is 17.0. The number of aliphatic hydroxyl groups is 1. The predicted molar refractivity (Wildman–Crippen MR) is 154 cm³/mol. The van der Waals surface area contributed by atoms with Crippen molar-refractivity contribution in [3.8, 4) is 0 Å². The minimum Gasteiger partial charge on any atom is -0.390 e. The van der Waals surface area contributed by atoms with E-state index in [9.17, 15) is 5.11 Å². The van der Waals surface area contributed by atoms with Crippen LogP contribution in [0.25, 0.3) is 0 Å². The van der Waals surface area contributed by atoms with Crippen molar-refractivity contribution in [1.82, 2.24) is 0 Å². The van der Waals surface area contributed by atoms with E-state index in [2.05, 4.69) is 0 Å². The van der Waals surface area contributed by atoms with Crippen LogP contribution in [0.3, 0.4) is 0 Å². The normalized spacial score (nSPS) is 32.0. The Morgan fingerprint density at radius 1 is 0.500 bits per heavy atom. The molecule has 5 saturated carbocycles. The minimum atomic E-state index is -2.83. The average molecular weight is 551 g/mol. The van der Waals surface area contributed by atoms with Gasteiger partial charge >= 0.3 is 8.80 Å². The zero-order valence-electron chi connectivity index (χ0n) is 24.3. The van der Waals surface area contributed by atoms with Crippen molar-refractivity contribution in [2.75, 3.05) is 0 Å². The van der Waals surface area contributed by atoms with Crippen LogP contribution in [-0.2, 0) is 18.0 Å². The second kappa shape index (κ2) is 15.3. The number of hydrogen-bond donors (Lipinski definition) is 1.